The summed E-state index contributed by atoms with van der Waals surface area (Å²) in [6.45, 7) is 2.28. The van der Waals surface area contributed by atoms with Crippen molar-refractivity contribution in [2.45, 2.75) is 90.4 Å². The van der Waals surface area contributed by atoms with Crippen LogP contribution < -0.4 is 0 Å². The summed E-state index contributed by atoms with van der Waals surface area (Å²) in [5, 5.41) is 9.02. The molecule has 2 saturated carbocycles. The molecule has 1 heteroatoms. The molecule has 0 aromatic heterocycles. The van der Waals surface area contributed by atoms with Crippen LogP contribution in [0.15, 0.2) is 12.2 Å². The summed E-state index contributed by atoms with van der Waals surface area (Å²) in [5.41, 5.74) is 0. The van der Waals surface area contributed by atoms with Gasteiger partial charge in [0.25, 0.3) is 0 Å². The van der Waals surface area contributed by atoms with Crippen LogP contribution in [0.1, 0.15) is 90.4 Å². The zero-order valence-electron chi connectivity index (χ0n) is 14.6. The lowest BCUT2D eigenvalue weighted by atomic mass is 9.69. The lowest BCUT2D eigenvalue weighted by Crippen LogP contribution is -2.25. The second kappa shape index (κ2) is 10.1. The van der Waals surface area contributed by atoms with Crippen molar-refractivity contribution in [3.05, 3.63) is 12.2 Å². The highest BCUT2D eigenvalue weighted by atomic mass is 14.4. The molecule has 2 rings (SSSR count). The first-order chi connectivity index (χ1) is 10.8. The summed E-state index contributed by atoms with van der Waals surface area (Å²) >= 11 is 0. The molecule has 0 atom stereocenters. The largest absolute Gasteiger partial charge is 0.198 e. The summed E-state index contributed by atoms with van der Waals surface area (Å²) < 4.78 is 0. The first-order valence-electron chi connectivity index (χ1n) is 9.89. The monoisotopic (exact) mass is 301 g/mol. The molecule has 124 valence electrons. The normalized spacial score (nSPS) is 32.9. The molecule has 2 fully saturated rings. The number of hydrogen-bond acceptors (Lipinski definition) is 1. The predicted octanol–water partition coefficient (Wildman–Crippen LogP) is 6.65. The highest BCUT2D eigenvalue weighted by molar-refractivity contribution is 4.93. The van der Waals surface area contributed by atoms with Gasteiger partial charge in [-0.15, -0.1) is 0 Å². The Morgan fingerprint density at radius 3 is 2.09 bits per heavy atom. The van der Waals surface area contributed by atoms with E-state index in [1.54, 1.807) is 0 Å². The lowest BCUT2D eigenvalue weighted by molar-refractivity contribution is 0.168. The summed E-state index contributed by atoms with van der Waals surface area (Å²) in [7, 11) is 0. The molecule has 0 radical (unpaired) electrons. The standard InChI is InChI=1S/C21H35N/c1-2-3-4-5-6-7-8-18-9-13-20(14-10-18)21-15-11-19(17-22)12-16-21/h7-8,18-21H,2-6,9-16H2,1H3/b8-7+/t18-,19-,20-,21-. The van der Waals surface area contributed by atoms with Gasteiger partial charge in [0.15, 0.2) is 0 Å². The van der Waals surface area contributed by atoms with E-state index in [2.05, 4.69) is 25.1 Å². The lowest BCUT2D eigenvalue weighted by Gasteiger charge is -2.36. The average molecular weight is 302 g/mol. The third kappa shape index (κ3) is 5.79. The van der Waals surface area contributed by atoms with Crippen LogP contribution >= 0.6 is 0 Å². The first-order valence-corrected chi connectivity index (χ1v) is 9.89. The minimum Gasteiger partial charge on any atom is -0.198 e. The molecule has 0 spiro atoms. The van der Waals surface area contributed by atoms with E-state index in [4.69, 9.17) is 5.26 Å². The van der Waals surface area contributed by atoms with Crippen molar-refractivity contribution < 1.29 is 0 Å². The van der Waals surface area contributed by atoms with E-state index in [1.807, 2.05) is 0 Å². The van der Waals surface area contributed by atoms with Gasteiger partial charge >= 0.3 is 0 Å². The molecule has 0 bridgehead atoms. The second-order valence-electron chi connectivity index (χ2n) is 7.69. The number of unbranched alkanes of at least 4 members (excludes halogenated alkanes) is 4. The zero-order valence-corrected chi connectivity index (χ0v) is 14.6. The van der Waals surface area contributed by atoms with Crippen LogP contribution in [0, 0.1) is 35.0 Å². The zero-order chi connectivity index (χ0) is 15.6. The van der Waals surface area contributed by atoms with E-state index in [-0.39, 0.29) is 0 Å². The van der Waals surface area contributed by atoms with Crippen LogP contribution in [-0.4, -0.2) is 0 Å². The topological polar surface area (TPSA) is 23.8 Å². The van der Waals surface area contributed by atoms with Crippen LogP contribution in [0.4, 0.5) is 0 Å². The van der Waals surface area contributed by atoms with E-state index in [1.165, 1.54) is 83.5 Å². The van der Waals surface area contributed by atoms with Gasteiger partial charge in [0, 0.05) is 5.92 Å². The van der Waals surface area contributed by atoms with Crippen molar-refractivity contribution in [3.63, 3.8) is 0 Å². The number of nitriles is 1. The number of rotatable bonds is 7. The van der Waals surface area contributed by atoms with Crippen molar-refractivity contribution in [2.24, 2.45) is 23.7 Å². The van der Waals surface area contributed by atoms with E-state index in [0.717, 1.165) is 17.8 Å². The fraction of sp³-hybridized carbons (Fsp3) is 0.857. The van der Waals surface area contributed by atoms with E-state index in [9.17, 15) is 0 Å². The second-order valence-corrected chi connectivity index (χ2v) is 7.69. The van der Waals surface area contributed by atoms with Crippen LogP contribution in [0.3, 0.4) is 0 Å². The molecule has 2 aliphatic rings. The Kier molecular flexibility index (Phi) is 8.06. The van der Waals surface area contributed by atoms with Gasteiger partial charge in [-0.05, 0) is 82.0 Å². The summed E-state index contributed by atoms with van der Waals surface area (Å²) in [4.78, 5) is 0. The molecule has 0 amide bonds. The molecule has 22 heavy (non-hydrogen) atoms. The van der Waals surface area contributed by atoms with E-state index < -0.39 is 0 Å². The summed E-state index contributed by atoms with van der Waals surface area (Å²) in [5.74, 6) is 3.12. The number of hydrogen-bond donors (Lipinski definition) is 0. The maximum Gasteiger partial charge on any atom is 0.0655 e. The first kappa shape index (κ1) is 17.6. The Hall–Kier alpha value is -0.770. The summed E-state index contributed by atoms with van der Waals surface area (Å²) in [6, 6.07) is 2.47. The Morgan fingerprint density at radius 2 is 1.50 bits per heavy atom. The smallest absolute Gasteiger partial charge is 0.0655 e. The molecular formula is C21H35N. The Balaban J connectivity index is 1.60. The van der Waals surface area contributed by atoms with Gasteiger partial charge in [-0.2, -0.15) is 5.26 Å². The van der Waals surface area contributed by atoms with Crippen LogP contribution in [0.5, 0.6) is 0 Å². The van der Waals surface area contributed by atoms with Crippen LogP contribution in [0.2, 0.25) is 0 Å². The van der Waals surface area contributed by atoms with Crippen molar-refractivity contribution in [1.82, 2.24) is 0 Å². The summed E-state index contributed by atoms with van der Waals surface area (Å²) in [6.07, 6.45) is 22.4. The maximum absolute atomic E-state index is 9.02. The molecular weight excluding hydrogens is 266 g/mol. The van der Waals surface area contributed by atoms with Gasteiger partial charge in [0.2, 0.25) is 0 Å². The minimum atomic E-state index is 0.364. The van der Waals surface area contributed by atoms with Crippen molar-refractivity contribution in [3.8, 4) is 6.07 Å². The fourth-order valence-corrected chi connectivity index (χ4v) is 4.51. The number of allylic oxidation sites excluding steroid dienone is 2. The third-order valence-electron chi connectivity index (χ3n) is 6.07. The molecule has 0 aromatic carbocycles. The van der Waals surface area contributed by atoms with Gasteiger partial charge in [0.1, 0.15) is 0 Å². The van der Waals surface area contributed by atoms with Crippen molar-refractivity contribution in [1.29, 1.82) is 5.26 Å². The maximum atomic E-state index is 9.02. The highest BCUT2D eigenvalue weighted by Crippen LogP contribution is 2.41. The van der Waals surface area contributed by atoms with Gasteiger partial charge in [-0.1, -0.05) is 38.3 Å². The quantitative estimate of drug-likeness (QED) is 0.381. The molecule has 0 saturated heterocycles. The average Bonchev–Trinajstić information content (AvgIpc) is 2.59. The molecule has 2 aliphatic carbocycles. The third-order valence-corrected chi connectivity index (χ3v) is 6.07. The van der Waals surface area contributed by atoms with E-state index in [0.29, 0.717) is 5.92 Å². The fourth-order valence-electron chi connectivity index (χ4n) is 4.51. The Bertz CT molecular complexity index is 349. The van der Waals surface area contributed by atoms with Gasteiger partial charge in [-0.3, -0.25) is 0 Å². The van der Waals surface area contributed by atoms with Gasteiger partial charge in [-0.25, -0.2) is 0 Å². The highest BCUT2D eigenvalue weighted by Gasteiger charge is 2.30. The van der Waals surface area contributed by atoms with Crippen molar-refractivity contribution in [2.75, 3.05) is 0 Å². The Morgan fingerprint density at radius 1 is 0.864 bits per heavy atom. The van der Waals surface area contributed by atoms with Crippen LogP contribution in [-0.2, 0) is 0 Å². The molecule has 0 aliphatic heterocycles. The van der Waals surface area contributed by atoms with Crippen molar-refractivity contribution >= 4 is 0 Å². The minimum absolute atomic E-state index is 0.364. The van der Waals surface area contributed by atoms with Gasteiger partial charge in [0.05, 0.1) is 6.07 Å². The van der Waals surface area contributed by atoms with Gasteiger partial charge < -0.3 is 0 Å². The molecule has 0 heterocycles. The van der Waals surface area contributed by atoms with Crippen LogP contribution in [0.25, 0.3) is 0 Å². The molecule has 0 N–H and O–H groups in total. The SMILES string of the molecule is CCCCCC/C=C/[C@H]1CC[C@H]([C@H]2CC[C@H](C#N)CC2)CC1. The number of nitrogens with zero attached hydrogens (tertiary/aromatic N) is 1. The molecule has 0 aromatic rings. The van der Waals surface area contributed by atoms with E-state index >= 15 is 0 Å². The molecule has 1 nitrogen and oxygen atoms in total. The predicted molar refractivity (Wildman–Crippen MR) is 94.4 cm³/mol. The Labute approximate surface area is 138 Å². The molecule has 0 unspecified atom stereocenters.